The Morgan fingerprint density at radius 2 is 2.43 bits per heavy atom. The van der Waals surface area contributed by atoms with Gasteiger partial charge in [-0.15, -0.1) is 0 Å². The van der Waals surface area contributed by atoms with Crippen LogP contribution in [0.1, 0.15) is 39.0 Å². The quantitative estimate of drug-likeness (QED) is 0.635. The maximum atomic E-state index is 5.61. The summed E-state index contributed by atoms with van der Waals surface area (Å²) < 4.78 is 5.61. The lowest BCUT2D eigenvalue weighted by Gasteiger charge is -2.35. The maximum absolute atomic E-state index is 5.61. The molecule has 0 aliphatic carbocycles. The van der Waals surface area contributed by atoms with Gasteiger partial charge >= 0.3 is 0 Å². The molecule has 3 atom stereocenters. The summed E-state index contributed by atoms with van der Waals surface area (Å²) in [5.74, 6) is 0.851. The highest BCUT2D eigenvalue weighted by Gasteiger charge is 2.52. The zero-order valence-electron chi connectivity index (χ0n) is 9.17. The van der Waals surface area contributed by atoms with Crippen molar-refractivity contribution < 1.29 is 4.74 Å². The lowest BCUT2D eigenvalue weighted by Crippen LogP contribution is -2.43. The highest BCUT2D eigenvalue weighted by atomic mass is 16.5. The molecule has 0 N–H and O–H groups in total. The van der Waals surface area contributed by atoms with E-state index in [-0.39, 0.29) is 0 Å². The molecule has 3 aliphatic heterocycles. The summed E-state index contributed by atoms with van der Waals surface area (Å²) in [7, 11) is 0. The van der Waals surface area contributed by atoms with E-state index in [4.69, 9.17) is 4.74 Å². The van der Waals surface area contributed by atoms with Crippen molar-refractivity contribution in [2.75, 3.05) is 19.8 Å². The number of rotatable bonds is 1. The summed E-state index contributed by atoms with van der Waals surface area (Å²) in [5.41, 5.74) is 0.586. The fraction of sp³-hybridized carbons (Fsp3) is 1.00. The molecule has 0 bridgehead atoms. The van der Waals surface area contributed by atoms with Crippen molar-refractivity contribution >= 4 is 0 Å². The van der Waals surface area contributed by atoms with Crippen molar-refractivity contribution in [1.82, 2.24) is 4.90 Å². The van der Waals surface area contributed by atoms with Gasteiger partial charge in [-0.05, 0) is 44.6 Å². The van der Waals surface area contributed by atoms with Crippen LogP contribution in [0.25, 0.3) is 0 Å². The summed E-state index contributed by atoms with van der Waals surface area (Å²) in [4.78, 5) is 2.83. The Morgan fingerprint density at radius 3 is 3.29 bits per heavy atom. The summed E-state index contributed by atoms with van der Waals surface area (Å²) in [5, 5.41) is 0. The second-order valence-corrected chi connectivity index (χ2v) is 5.27. The SMILES string of the molecule is CC[C@]12CCCN1[C@H]1CCOC[C@H]1C2. The molecule has 3 aliphatic rings. The van der Waals surface area contributed by atoms with Gasteiger partial charge in [0.1, 0.15) is 0 Å². The minimum Gasteiger partial charge on any atom is -0.381 e. The predicted molar refractivity (Wildman–Crippen MR) is 56.3 cm³/mol. The molecule has 0 unspecified atom stereocenters. The Hall–Kier alpha value is -0.0800. The van der Waals surface area contributed by atoms with E-state index in [0.717, 1.165) is 25.2 Å². The molecule has 80 valence electrons. The molecule has 0 amide bonds. The first kappa shape index (κ1) is 9.17. The number of hydrogen-bond acceptors (Lipinski definition) is 2. The molecule has 3 heterocycles. The largest absolute Gasteiger partial charge is 0.381 e. The van der Waals surface area contributed by atoms with Crippen LogP contribution in [0.3, 0.4) is 0 Å². The van der Waals surface area contributed by atoms with Gasteiger partial charge < -0.3 is 4.74 Å². The van der Waals surface area contributed by atoms with E-state index in [1.807, 2.05) is 0 Å². The first-order valence-electron chi connectivity index (χ1n) is 6.20. The standard InChI is InChI=1S/C12H21NO/c1-2-12-5-3-6-13(12)11-4-7-14-9-10(11)8-12/h10-11H,2-9H2,1H3/t10-,11+,12-/m1/s1. The van der Waals surface area contributed by atoms with Gasteiger partial charge in [0.25, 0.3) is 0 Å². The van der Waals surface area contributed by atoms with Gasteiger partial charge in [-0.3, -0.25) is 4.90 Å². The Morgan fingerprint density at radius 1 is 1.50 bits per heavy atom. The number of fused-ring (bicyclic) bond motifs is 3. The van der Waals surface area contributed by atoms with Crippen molar-refractivity contribution in [2.45, 2.75) is 50.6 Å². The Balaban J connectivity index is 1.86. The first-order chi connectivity index (χ1) is 6.86. The summed E-state index contributed by atoms with van der Waals surface area (Å²) >= 11 is 0. The Kier molecular flexibility index (Phi) is 2.10. The van der Waals surface area contributed by atoms with Crippen molar-refractivity contribution in [3.8, 4) is 0 Å². The molecular weight excluding hydrogens is 174 g/mol. The van der Waals surface area contributed by atoms with E-state index < -0.39 is 0 Å². The lowest BCUT2D eigenvalue weighted by atomic mass is 9.86. The van der Waals surface area contributed by atoms with Crippen LogP contribution in [0, 0.1) is 5.92 Å². The number of nitrogens with zero attached hydrogens (tertiary/aromatic N) is 1. The molecule has 0 radical (unpaired) electrons. The zero-order chi connectivity index (χ0) is 9.60. The second-order valence-electron chi connectivity index (χ2n) is 5.27. The average molecular weight is 195 g/mol. The summed E-state index contributed by atoms with van der Waals surface area (Å²) in [6.45, 7) is 5.76. The normalized spacial score (nSPS) is 47.8. The third-order valence-corrected chi connectivity index (χ3v) is 4.79. The van der Waals surface area contributed by atoms with E-state index in [1.165, 1.54) is 38.6 Å². The van der Waals surface area contributed by atoms with Crippen molar-refractivity contribution in [3.63, 3.8) is 0 Å². The molecule has 0 saturated carbocycles. The third-order valence-electron chi connectivity index (χ3n) is 4.79. The fourth-order valence-corrected chi connectivity index (χ4v) is 4.10. The monoisotopic (exact) mass is 195 g/mol. The van der Waals surface area contributed by atoms with Gasteiger partial charge in [-0.1, -0.05) is 6.92 Å². The molecule has 3 fully saturated rings. The third kappa shape index (κ3) is 1.10. The molecule has 2 nitrogen and oxygen atoms in total. The molecule has 0 aromatic carbocycles. The van der Waals surface area contributed by atoms with Crippen LogP contribution in [-0.4, -0.2) is 36.2 Å². The second kappa shape index (κ2) is 3.21. The van der Waals surface area contributed by atoms with Crippen LogP contribution in [0.15, 0.2) is 0 Å². The molecule has 3 saturated heterocycles. The Labute approximate surface area is 86.6 Å². The highest BCUT2D eigenvalue weighted by molar-refractivity contribution is 5.07. The molecule has 2 heteroatoms. The van der Waals surface area contributed by atoms with Gasteiger partial charge in [-0.2, -0.15) is 0 Å². The Bertz CT molecular complexity index is 230. The van der Waals surface area contributed by atoms with Crippen LogP contribution >= 0.6 is 0 Å². The van der Waals surface area contributed by atoms with Crippen LogP contribution in [0.5, 0.6) is 0 Å². The highest BCUT2D eigenvalue weighted by Crippen LogP contribution is 2.49. The van der Waals surface area contributed by atoms with Gasteiger partial charge in [0, 0.05) is 18.2 Å². The van der Waals surface area contributed by atoms with Gasteiger partial charge in [0.05, 0.1) is 6.61 Å². The van der Waals surface area contributed by atoms with Gasteiger partial charge in [-0.25, -0.2) is 0 Å². The molecule has 3 rings (SSSR count). The van der Waals surface area contributed by atoms with E-state index in [9.17, 15) is 0 Å². The van der Waals surface area contributed by atoms with Gasteiger partial charge in [0.15, 0.2) is 0 Å². The van der Waals surface area contributed by atoms with Crippen molar-refractivity contribution in [1.29, 1.82) is 0 Å². The number of hydrogen-bond donors (Lipinski definition) is 0. The van der Waals surface area contributed by atoms with Crippen LogP contribution in [0.4, 0.5) is 0 Å². The fourth-order valence-electron chi connectivity index (χ4n) is 4.10. The maximum Gasteiger partial charge on any atom is 0.0509 e. The molecule has 0 aromatic rings. The summed E-state index contributed by atoms with van der Waals surface area (Å²) in [6.07, 6.45) is 6.91. The number of ether oxygens (including phenoxy) is 1. The van der Waals surface area contributed by atoms with Crippen LogP contribution in [0.2, 0.25) is 0 Å². The van der Waals surface area contributed by atoms with Crippen molar-refractivity contribution in [2.24, 2.45) is 5.92 Å². The van der Waals surface area contributed by atoms with E-state index in [0.29, 0.717) is 5.54 Å². The predicted octanol–water partition coefficient (Wildman–Crippen LogP) is 2.04. The van der Waals surface area contributed by atoms with E-state index >= 15 is 0 Å². The van der Waals surface area contributed by atoms with E-state index in [2.05, 4.69) is 11.8 Å². The molecular formula is C12H21NO. The molecule has 0 spiro atoms. The molecule has 14 heavy (non-hydrogen) atoms. The van der Waals surface area contributed by atoms with Crippen LogP contribution in [-0.2, 0) is 4.74 Å². The van der Waals surface area contributed by atoms with Crippen LogP contribution < -0.4 is 0 Å². The van der Waals surface area contributed by atoms with Crippen molar-refractivity contribution in [3.05, 3.63) is 0 Å². The lowest BCUT2D eigenvalue weighted by molar-refractivity contribution is 0.0191. The minimum atomic E-state index is 0.586. The zero-order valence-corrected chi connectivity index (χ0v) is 9.17. The van der Waals surface area contributed by atoms with Gasteiger partial charge in [0.2, 0.25) is 0 Å². The van der Waals surface area contributed by atoms with E-state index in [1.54, 1.807) is 0 Å². The smallest absolute Gasteiger partial charge is 0.0509 e. The first-order valence-corrected chi connectivity index (χ1v) is 6.20. The topological polar surface area (TPSA) is 12.5 Å². The molecule has 0 aromatic heterocycles. The average Bonchev–Trinajstić information content (AvgIpc) is 2.73. The summed E-state index contributed by atoms with van der Waals surface area (Å²) in [6, 6.07) is 0.867. The minimum absolute atomic E-state index is 0.586.